The summed E-state index contributed by atoms with van der Waals surface area (Å²) in [5.41, 5.74) is 1.33. The quantitative estimate of drug-likeness (QED) is 0.640. The van der Waals surface area contributed by atoms with E-state index in [2.05, 4.69) is 10.6 Å². The molecule has 1 atom stereocenters. The number of rotatable bonds is 8. The second-order valence-electron chi connectivity index (χ2n) is 7.26. The number of ether oxygens (including phenoxy) is 1. The van der Waals surface area contributed by atoms with E-state index in [-0.39, 0.29) is 29.9 Å². The minimum atomic E-state index is -3.06. The van der Waals surface area contributed by atoms with E-state index >= 15 is 0 Å². The van der Waals surface area contributed by atoms with Gasteiger partial charge in [0.25, 0.3) is 5.91 Å². The third-order valence-corrected chi connectivity index (χ3v) is 6.56. The number of amides is 2. The Kier molecular flexibility index (Phi) is 7.64. The van der Waals surface area contributed by atoms with Crippen molar-refractivity contribution < 1.29 is 22.7 Å². The van der Waals surface area contributed by atoms with Crippen LogP contribution >= 0.6 is 0 Å². The van der Waals surface area contributed by atoms with Gasteiger partial charge in [0, 0.05) is 31.4 Å². The highest BCUT2D eigenvalue weighted by Gasteiger charge is 2.32. The number of nitrogens with one attached hydrogen (secondary N) is 2. The summed E-state index contributed by atoms with van der Waals surface area (Å²) in [5.74, 6) is 0.0522. The highest BCUT2D eigenvalue weighted by atomic mass is 32.2. The van der Waals surface area contributed by atoms with E-state index in [4.69, 9.17) is 4.74 Å². The molecule has 2 aromatic rings. The van der Waals surface area contributed by atoms with Gasteiger partial charge in [-0.3, -0.25) is 14.5 Å². The van der Waals surface area contributed by atoms with Crippen LogP contribution in [0.15, 0.2) is 54.6 Å². The maximum absolute atomic E-state index is 13.2. The van der Waals surface area contributed by atoms with Crippen LogP contribution in [0.3, 0.4) is 0 Å². The van der Waals surface area contributed by atoms with Crippen LogP contribution in [-0.4, -0.2) is 62.9 Å². The van der Waals surface area contributed by atoms with Gasteiger partial charge in [-0.1, -0.05) is 36.4 Å². The smallest absolute Gasteiger partial charge is 0.257 e. The fourth-order valence-electron chi connectivity index (χ4n) is 3.42. The number of likely N-dealkylation sites (N-methyl/N-ethyl adjacent to an activating group) is 1. The second-order valence-corrected chi connectivity index (χ2v) is 9.56. The van der Waals surface area contributed by atoms with Gasteiger partial charge in [0.1, 0.15) is 11.8 Å². The fourth-order valence-corrected chi connectivity index (χ4v) is 4.65. The topological polar surface area (TPSA) is 105 Å². The zero-order valence-electron chi connectivity index (χ0n) is 17.4. The SMILES string of the molecule is CCNC(=O)COc1cccc(NC(=O)C(c2ccccc2)N2CCS(=O)(=O)CC2)c1. The van der Waals surface area contributed by atoms with Crippen molar-refractivity contribution in [2.45, 2.75) is 13.0 Å². The van der Waals surface area contributed by atoms with E-state index in [1.165, 1.54) is 0 Å². The first kappa shape index (κ1) is 22.8. The lowest BCUT2D eigenvalue weighted by atomic mass is 10.0. The summed E-state index contributed by atoms with van der Waals surface area (Å²) >= 11 is 0. The summed E-state index contributed by atoms with van der Waals surface area (Å²) in [4.78, 5) is 26.7. The third-order valence-electron chi connectivity index (χ3n) is 4.95. The van der Waals surface area contributed by atoms with E-state index in [0.29, 0.717) is 31.1 Å². The van der Waals surface area contributed by atoms with Gasteiger partial charge >= 0.3 is 0 Å². The van der Waals surface area contributed by atoms with Crippen molar-refractivity contribution in [2.24, 2.45) is 0 Å². The van der Waals surface area contributed by atoms with E-state index in [0.717, 1.165) is 5.56 Å². The Hall–Kier alpha value is -2.91. The summed E-state index contributed by atoms with van der Waals surface area (Å²) < 4.78 is 29.2. The van der Waals surface area contributed by atoms with Crippen LogP contribution in [0.5, 0.6) is 5.75 Å². The first-order valence-electron chi connectivity index (χ1n) is 10.2. The number of sulfone groups is 1. The molecular weight excluding hydrogens is 418 g/mol. The van der Waals surface area contributed by atoms with Gasteiger partial charge in [-0.25, -0.2) is 8.42 Å². The Balaban J connectivity index is 1.73. The van der Waals surface area contributed by atoms with E-state index in [1.807, 2.05) is 42.2 Å². The molecule has 0 spiro atoms. The van der Waals surface area contributed by atoms with Crippen LogP contribution in [0.2, 0.25) is 0 Å². The Morgan fingerprint density at radius 2 is 1.77 bits per heavy atom. The zero-order chi connectivity index (χ0) is 22.3. The number of carbonyl (C=O) groups is 2. The third kappa shape index (κ3) is 6.53. The summed E-state index contributed by atoms with van der Waals surface area (Å²) in [6.07, 6.45) is 0. The lowest BCUT2D eigenvalue weighted by molar-refractivity contribution is -0.123. The zero-order valence-corrected chi connectivity index (χ0v) is 18.2. The summed E-state index contributed by atoms with van der Waals surface area (Å²) in [6, 6.07) is 15.5. The van der Waals surface area contributed by atoms with Crippen LogP contribution in [0.25, 0.3) is 0 Å². The summed E-state index contributed by atoms with van der Waals surface area (Å²) in [6.45, 7) is 2.84. The molecule has 0 radical (unpaired) electrons. The minimum absolute atomic E-state index is 0.0345. The number of hydrogen-bond donors (Lipinski definition) is 2. The molecule has 166 valence electrons. The summed E-state index contributed by atoms with van der Waals surface area (Å²) in [5, 5.41) is 5.56. The van der Waals surface area contributed by atoms with Gasteiger partial charge < -0.3 is 15.4 Å². The van der Waals surface area contributed by atoms with Gasteiger partial charge in [0.2, 0.25) is 5.91 Å². The van der Waals surface area contributed by atoms with Crippen molar-refractivity contribution >= 4 is 27.3 Å². The monoisotopic (exact) mass is 445 g/mol. The molecule has 0 bridgehead atoms. The maximum atomic E-state index is 13.2. The van der Waals surface area contributed by atoms with Crippen molar-refractivity contribution in [3.63, 3.8) is 0 Å². The molecule has 1 fully saturated rings. The lowest BCUT2D eigenvalue weighted by Crippen LogP contribution is -2.46. The standard InChI is InChI=1S/C22H27N3O5S/c1-2-23-20(26)16-30-19-10-6-9-18(15-19)24-22(27)21(17-7-4-3-5-8-17)25-11-13-31(28,29)14-12-25/h3-10,15,21H,2,11-14,16H2,1H3,(H,23,26)(H,24,27). The van der Waals surface area contributed by atoms with Gasteiger partial charge in [-0.15, -0.1) is 0 Å². The average Bonchev–Trinajstić information content (AvgIpc) is 2.75. The first-order chi connectivity index (χ1) is 14.9. The number of hydrogen-bond acceptors (Lipinski definition) is 6. The number of nitrogens with zero attached hydrogens (tertiary/aromatic N) is 1. The number of anilines is 1. The normalized spacial score (nSPS) is 16.8. The molecule has 1 saturated heterocycles. The molecule has 1 aliphatic rings. The Labute approximate surface area is 182 Å². The molecule has 0 aromatic heterocycles. The van der Waals surface area contributed by atoms with E-state index in [9.17, 15) is 18.0 Å². The van der Waals surface area contributed by atoms with Gasteiger partial charge in [-0.2, -0.15) is 0 Å². The molecule has 1 aliphatic heterocycles. The molecule has 1 heterocycles. The molecule has 2 aromatic carbocycles. The van der Waals surface area contributed by atoms with Crippen LogP contribution < -0.4 is 15.4 Å². The van der Waals surface area contributed by atoms with Crippen LogP contribution in [0.1, 0.15) is 18.5 Å². The second kappa shape index (κ2) is 10.4. The minimum Gasteiger partial charge on any atom is -0.484 e. The number of benzene rings is 2. The predicted octanol–water partition coefficient (Wildman–Crippen LogP) is 1.61. The molecule has 0 aliphatic carbocycles. The lowest BCUT2D eigenvalue weighted by Gasteiger charge is -2.33. The first-order valence-corrected chi connectivity index (χ1v) is 12.0. The van der Waals surface area contributed by atoms with Crippen LogP contribution in [-0.2, 0) is 19.4 Å². The van der Waals surface area contributed by atoms with E-state index < -0.39 is 15.9 Å². The van der Waals surface area contributed by atoms with Crippen molar-refractivity contribution in [2.75, 3.05) is 43.1 Å². The molecule has 3 rings (SSSR count). The van der Waals surface area contributed by atoms with Gasteiger partial charge in [-0.05, 0) is 24.6 Å². The fraction of sp³-hybridized carbons (Fsp3) is 0.364. The van der Waals surface area contributed by atoms with Crippen LogP contribution in [0.4, 0.5) is 5.69 Å². The van der Waals surface area contributed by atoms with Crippen LogP contribution in [0, 0.1) is 0 Å². The van der Waals surface area contributed by atoms with Crippen molar-refractivity contribution in [3.8, 4) is 5.75 Å². The molecule has 2 N–H and O–H groups in total. The highest BCUT2D eigenvalue weighted by molar-refractivity contribution is 7.91. The molecule has 1 unspecified atom stereocenters. The van der Waals surface area contributed by atoms with Crippen molar-refractivity contribution in [1.29, 1.82) is 0 Å². The highest BCUT2D eigenvalue weighted by Crippen LogP contribution is 2.26. The molecule has 31 heavy (non-hydrogen) atoms. The Morgan fingerprint density at radius 3 is 2.45 bits per heavy atom. The number of carbonyl (C=O) groups excluding carboxylic acids is 2. The molecule has 8 nitrogen and oxygen atoms in total. The Bertz CT molecular complexity index is 997. The largest absolute Gasteiger partial charge is 0.484 e. The van der Waals surface area contributed by atoms with E-state index in [1.54, 1.807) is 24.3 Å². The summed E-state index contributed by atoms with van der Waals surface area (Å²) in [7, 11) is -3.06. The molecule has 9 heteroatoms. The average molecular weight is 446 g/mol. The van der Waals surface area contributed by atoms with Crippen molar-refractivity contribution in [1.82, 2.24) is 10.2 Å². The maximum Gasteiger partial charge on any atom is 0.257 e. The van der Waals surface area contributed by atoms with Gasteiger partial charge in [0.05, 0.1) is 11.5 Å². The Morgan fingerprint density at radius 1 is 1.06 bits per heavy atom. The molecular formula is C22H27N3O5S. The predicted molar refractivity (Wildman–Crippen MR) is 119 cm³/mol. The van der Waals surface area contributed by atoms with Crippen molar-refractivity contribution in [3.05, 3.63) is 60.2 Å². The molecule has 0 saturated carbocycles. The molecule has 2 amide bonds. The van der Waals surface area contributed by atoms with Gasteiger partial charge in [0.15, 0.2) is 16.4 Å².